The predicted molar refractivity (Wildman–Crippen MR) is 78.0 cm³/mol. The fraction of sp³-hybridized carbons (Fsp3) is 0.562. The van der Waals surface area contributed by atoms with E-state index in [2.05, 4.69) is 19.2 Å². The number of hydrogen-bond acceptors (Lipinski definition) is 2. The van der Waals surface area contributed by atoms with Gasteiger partial charge in [-0.05, 0) is 18.4 Å². The van der Waals surface area contributed by atoms with Crippen LogP contribution in [-0.2, 0) is 15.1 Å². The molecule has 1 N–H and O–H groups in total. The van der Waals surface area contributed by atoms with E-state index in [1.165, 1.54) is 0 Å². The highest BCUT2D eigenvalue weighted by atomic mass is 16.5. The molecule has 1 amide bonds. The number of amides is 1. The van der Waals surface area contributed by atoms with Gasteiger partial charge in [0, 0.05) is 13.5 Å². The van der Waals surface area contributed by atoms with E-state index in [0.29, 0.717) is 13.0 Å². The van der Waals surface area contributed by atoms with Crippen LogP contribution in [0.3, 0.4) is 0 Å². The molecule has 1 aromatic rings. The van der Waals surface area contributed by atoms with E-state index < -0.39 is 5.60 Å². The zero-order chi connectivity index (χ0) is 14.1. The minimum atomic E-state index is -0.427. The molecule has 0 aliphatic carbocycles. The fourth-order valence-electron chi connectivity index (χ4n) is 2.17. The van der Waals surface area contributed by atoms with Gasteiger partial charge in [-0.15, -0.1) is 0 Å². The van der Waals surface area contributed by atoms with Crippen molar-refractivity contribution in [3.8, 4) is 0 Å². The number of carbonyl (C=O) groups is 1. The highest BCUT2D eigenvalue weighted by molar-refractivity contribution is 5.75. The smallest absolute Gasteiger partial charge is 0.220 e. The molecule has 0 fully saturated rings. The lowest BCUT2D eigenvalue weighted by Gasteiger charge is -2.32. The van der Waals surface area contributed by atoms with Crippen LogP contribution in [0.2, 0.25) is 0 Å². The number of hydrogen-bond donors (Lipinski definition) is 1. The third kappa shape index (κ3) is 4.35. The summed E-state index contributed by atoms with van der Waals surface area (Å²) in [6.07, 6.45) is 3.38. The number of rotatable bonds is 8. The molecular weight excluding hydrogens is 238 g/mol. The second-order valence-corrected chi connectivity index (χ2v) is 4.80. The van der Waals surface area contributed by atoms with Crippen molar-refractivity contribution in [1.29, 1.82) is 0 Å². The zero-order valence-corrected chi connectivity index (χ0v) is 12.2. The van der Waals surface area contributed by atoms with Crippen molar-refractivity contribution in [2.45, 2.75) is 45.1 Å². The van der Waals surface area contributed by atoms with Gasteiger partial charge in [0.15, 0.2) is 0 Å². The zero-order valence-electron chi connectivity index (χ0n) is 12.2. The van der Waals surface area contributed by atoms with Crippen molar-refractivity contribution in [1.82, 2.24) is 5.32 Å². The Hall–Kier alpha value is -1.35. The molecule has 0 saturated heterocycles. The van der Waals surface area contributed by atoms with Crippen LogP contribution in [-0.4, -0.2) is 19.6 Å². The minimum Gasteiger partial charge on any atom is -0.372 e. The van der Waals surface area contributed by atoms with Gasteiger partial charge in [0.05, 0.1) is 6.54 Å². The van der Waals surface area contributed by atoms with Crippen molar-refractivity contribution in [3.63, 3.8) is 0 Å². The predicted octanol–water partition coefficient (Wildman–Crippen LogP) is 3.24. The third-order valence-corrected chi connectivity index (χ3v) is 3.59. The normalized spacial score (nSPS) is 13.8. The first kappa shape index (κ1) is 15.7. The Labute approximate surface area is 116 Å². The molecule has 19 heavy (non-hydrogen) atoms. The molecule has 0 bridgehead atoms. The van der Waals surface area contributed by atoms with Crippen molar-refractivity contribution in [2.75, 3.05) is 13.7 Å². The topological polar surface area (TPSA) is 38.3 Å². The largest absolute Gasteiger partial charge is 0.372 e. The summed E-state index contributed by atoms with van der Waals surface area (Å²) in [7, 11) is 1.70. The highest BCUT2D eigenvalue weighted by Crippen LogP contribution is 2.28. The summed E-state index contributed by atoms with van der Waals surface area (Å²) in [5.41, 5.74) is 0.680. The number of benzene rings is 1. The number of unbranched alkanes of at least 4 members (excludes halogenated alkanes) is 1. The van der Waals surface area contributed by atoms with Crippen LogP contribution in [0.25, 0.3) is 0 Å². The summed E-state index contributed by atoms with van der Waals surface area (Å²) in [5.74, 6) is 0.104. The van der Waals surface area contributed by atoms with Crippen LogP contribution in [0.1, 0.15) is 45.1 Å². The van der Waals surface area contributed by atoms with Crippen LogP contribution < -0.4 is 5.32 Å². The maximum atomic E-state index is 11.7. The van der Waals surface area contributed by atoms with Gasteiger partial charge in [-0.25, -0.2) is 0 Å². The van der Waals surface area contributed by atoms with Crippen molar-refractivity contribution in [2.24, 2.45) is 0 Å². The molecule has 0 spiro atoms. The molecule has 106 valence electrons. The maximum Gasteiger partial charge on any atom is 0.220 e. The van der Waals surface area contributed by atoms with Crippen LogP contribution in [0.5, 0.6) is 0 Å². The molecule has 0 heterocycles. The Morgan fingerprint density at radius 2 is 1.95 bits per heavy atom. The Kier molecular flexibility index (Phi) is 6.57. The summed E-state index contributed by atoms with van der Waals surface area (Å²) >= 11 is 0. The number of nitrogens with one attached hydrogen (secondary N) is 1. The molecule has 0 saturated carbocycles. The standard InChI is InChI=1S/C16H25NO2/c1-4-6-12-15(18)17-13-16(5-2,19-3)14-10-8-7-9-11-14/h7-11H,4-6,12-13H2,1-3H3,(H,17,18). The minimum absolute atomic E-state index is 0.104. The Bertz CT molecular complexity index is 372. The molecular formula is C16H25NO2. The molecule has 0 aromatic heterocycles. The van der Waals surface area contributed by atoms with Gasteiger partial charge in [0.1, 0.15) is 5.60 Å². The maximum absolute atomic E-state index is 11.7. The van der Waals surface area contributed by atoms with Gasteiger partial charge in [-0.2, -0.15) is 0 Å². The Morgan fingerprint density at radius 3 is 2.47 bits per heavy atom. The average molecular weight is 263 g/mol. The molecule has 1 unspecified atom stereocenters. The van der Waals surface area contributed by atoms with Crippen LogP contribution in [0, 0.1) is 0 Å². The summed E-state index contributed by atoms with van der Waals surface area (Å²) in [6.45, 7) is 4.68. The number of carbonyl (C=O) groups excluding carboxylic acids is 1. The lowest BCUT2D eigenvalue weighted by Crippen LogP contribution is -2.41. The molecule has 0 aliphatic heterocycles. The van der Waals surface area contributed by atoms with Crippen molar-refractivity contribution in [3.05, 3.63) is 35.9 Å². The molecule has 0 aliphatic rings. The van der Waals surface area contributed by atoms with E-state index >= 15 is 0 Å². The SMILES string of the molecule is CCCCC(=O)NCC(CC)(OC)c1ccccc1. The van der Waals surface area contributed by atoms with Crippen molar-refractivity contribution >= 4 is 5.91 Å². The Balaban J connectivity index is 2.70. The third-order valence-electron chi connectivity index (χ3n) is 3.59. The van der Waals surface area contributed by atoms with Crippen molar-refractivity contribution < 1.29 is 9.53 Å². The first-order chi connectivity index (χ1) is 9.18. The van der Waals surface area contributed by atoms with Gasteiger partial charge in [-0.1, -0.05) is 50.6 Å². The number of ether oxygens (including phenoxy) is 1. The quantitative estimate of drug-likeness (QED) is 0.782. The monoisotopic (exact) mass is 263 g/mol. The summed E-state index contributed by atoms with van der Waals surface area (Å²) in [6, 6.07) is 10.1. The molecule has 3 nitrogen and oxygen atoms in total. The van der Waals surface area contributed by atoms with E-state index in [9.17, 15) is 4.79 Å². The fourth-order valence-corrected chi connectivity index (χ4v) is 2.17. The lowest BCUT2D eigenvalue weighted by molar-refractivity contribution is -0.123. The van der Waals surface area contributed by atoms with E-state index in [-0.39, 0.29) is 5.91 Å². The van der Waals surface area contributed by atoms with Gasteiger partial charge in [0.25, 0.3) is 0 Å². The van der Waals surface area contributed by atoms with Gasteiger partial charge in [0.2, 0.25) is 5.91 Å². The first-order valence-electron chi connectivity index (χ1n) is 7.06. The molecule has 0 radical (unpaired) electrons. The van der Waals surface area contributed by atoms with Gasteiger partial charge >= 0.3 is 0 Å². The van der Waals surface area contributed by atoms with Crippen LogP contribution in [0.15, 0.2) is 30.3 Å². The van der Waals surface area contributed by atoms with E-state index in [0.717, 1.165) is 24.8 Å². The highest BCUT2D eigenvalue weighted by Gasteiger charge is 2.30. The Morgan fingerprint density at radius 1 is 1.26 bits per heavy atom. The van der Waals surface area contributed by atoms with E-state index in [1.807, 2.05) is 30.3 Å². The second kappa shape index (κ2) is 7.95. The van der Waals surface area contributed by atoms with Gasteiger partial charge in [-0.3, -0.25) is 4.79 Å². The lowest BCUT2D eigenvalue weighted by atomic mass is 9.90. The molecule has 1 aromatic carbocycles. The van der Waals surface area contributed by atoms with E-state index in [1.54, 1.807) is 7.11 Å². The summed E-state index contributed by atoms with van der Waals surface area (Å²) in [4.78, 5) is 11.7. The van der Waals surface area contributed by atoms with Crippen LogP contribution >= 0.6 is 0 Å². The summed E-state index contributed by atoms with van der Waals surface area (Å²) < 4.78 is 5.71. The van der Waals surface area contributed by atoms with E-state index in [4.69, 9.17) is 4.74 Å². The summed E-state index contributed by atoms with van der Waals surface area (Å²) in [5, 5.41) is 2.99. The average Bonchev–Trinajstić information content (AvgIpc) is 2.48. The van der Waals surface area contributed by atoms with Gasteiger partial charge < -0.3 is 10.1 Å². The molecule has 1 rings (SSSR count). The molecule has 1 atom stereocenters. The van der Waals surface area contributed by atoms with Crippen LogP contribution in [0.4, 0.5) is 0 Å². The number of methoxy groups -OCH3 is 1. The first-order valence-corrected chi connectivity index (χ1v) is 7.06. The second-order valence-electron chi connectivity index (χ2n) is 4.80. The molecule has 3 heteroatoms.